The number of carbonyl (C=O) groups excluding carboxylic acids is 1. The van der Waals surface area contributed by atoms with Gasteiger partial charge in [-0.25, -0.2) is 0 Å². The maximum absolute atomic E-state index is 11.9. The van der Waals surface area contributed by atoms with E-state index in [4.69, 9.17) is 16.3 Å². The highest BCUT2D eigenvalue weighted by Gasteiger charge is 2.34. The molecule has 0 radical (unpaired) electrons. The molecule has 0 saturated carbocycles. The molecule has 0 spiro atoms. The highest BCUT2D eigenvalue weighted by Crippen LogP contribution is 2.34. The van der Waals surface area contributed by atoms with E-state index in [1.807, 2.05) is 42.5 Å². The van der Waals surface area contributed by atoms with Gasteiger partial charge in [-0.2, -0.15) is 5.01 Å². The smallest absolute Gasteiger partial charge is 0.243 e. The third kappa shape index (κ3) is 2.83. The van der Waals surface area contributed by atoms with Crippen molar-refractivity contribution >= 4 is 46.0 Å². The zero-order valence-corrected chi connectivity index (χ0v) is 14.6. The van der Waals surface area contributed by atoms with Crippen LogP contribution < -0.4 is 0 Å². The standard InChI is InChI=1S/C16H12ClIN2O2/c1-10(21)20-16(11-6-2-4-8-13(11)17)22-15(19-20)12-7-3-5-9-14(12)18/h2-9,16H,1H3/t16-/m1/s1. The summed E-state index contributed by atoms with van der Waals surface area (Å²) in [6.45, 7) is 1.45. The van der Waals surface area contributed by atoms with Crippen LogP contribution in [0.15, 0.2) is 53.6 Å². The molecule has 112 valence electrons. The fourth-order valence-electron chi connectivity index (χ4n) is 2.19. The topological polar surface area (TPSA) is 41.9 Å². The van der Waals surface area contributed by atoms with E-state index in [0.29, 0.717) is 16.5 Å². The van der Waals surface area contributed by atoms with Crippen molar-refractivity contribution in [3.05, 3.63) is 68.3 Å². The van der Waals surface area contributed by atoms with E-state index >= 15 is 0 Å². The lowest BCUT2D eigenvalue weighted by molar-refractivity contribution is -0.135. The van der Waals surface area contributed by atoms with Crippen LogP contribution in [0.4, 0.5) is 0 Å². The van der Waals surface area contributed by atoms with Gasteiger partial charge in [0, 0.05) is 21.1 Å². The van der Waals surface area contributed by atoms with Crippen molar-refractivity contribution in [1.82, 2.24) is 5.01 Å². The molecule has 0 aromatic heterocycles. The van der Waals surface area contributed by atoms with Gasteiger partial charge in [0.05, 0.1) is 5.56 Å². The Kier molecular flexibility index (Phi) is 4.35. The molecule has 1 heterocycles. The Labute approximate surface area is 146 Å². The number of ether oxygens (including phenoxy) is 1. The molecule has 2 aromatic rings. The van der Waals surface area contributed by atoms with E-state index < -0.39 is 6.23 Å². The van der Waals surface area contributed by atoms with Crippen molar-refractivity contribution in [2.75, 3.05) is 0 Å². The van der Waals surface area contributed by atoms with Crippen LogP contribution in [-0.2, 0) is 9.53 Å². The molecule has 3 rings (SSSR count). The Morgan fingerprint density at radius 1 is 1.23 bits per heavy atom. The highest BCUT2D eigenvalue weighted by atomic mass is 127. The second-order valence-electron chi connectivity index (χ2n) is 4.74. The largest absolute Gasteiger partial charge is 0.446 e. The van der Waals surface area contributed by atoms with E-state index in [-0.39, 0.29) is 5.91 Å². The second kappa shape index (κ2) is 6.26. The first-order valence-corrected chi connectivity index (χ1v) is 8.08. The third-order valence-electron chi connectivity index (χ3n) is 3.24. The molecular formula is C16H12ClIN2O2. The minimum absolute atomic E-state index is 0.203. The Hall–Kier alpha value is -1.60. The highest BCUT2D eigenvalue weighted by molar-refractivity contribution is 14.1. The molecule has 1 aliphatic heterocycles. The molecule has 4 nitrogen and oxygen atoms in total. The fourth-order valence-corrected chi connectivity index (χ4v) is 3.03. The lowest BCUT2D eigenvalue weighted by atomic mass is 10.2. The molecular weight excluding hydrogens is 415 g/mol. The van der Waals surface area contributed by atoms with Crippen molar-refractivity contribution in [1.29, 1.82) is 0 Å². The van der Waals surface area contributed by atoms with E-state index in [1.54, 1.807) is 6.07 Å². The number of halogens is 2. The molecule has 1 amide bonds. The zero-order valence-electron chi connectivity index (χ0n) is 11.7. The van der Waals surface area contributed by atoms with Gasteiger partial charge in [0.2, 0.25) is 18.0 Å². The molecule has 2 aromatic carbocycles. The van der Waals surface area contributed by atoms with Crippen LogP contribution in [0.3, 0.4) is 0 Å². The van der Waals surface area contributed by atoms with Crippen LogP contribution in [0.1, 0.15) is 24.3 Å². The summed E-state index contributed by atoms with van der Waals surface area (Å²) in [6, 6.07) is 15.0. The van der Waals surface area contributed by atoms with Crippen molar-refractivity contribution in [3.8, 4) is 0 Å². The Balaban J connectivity index is 2.01. The van der Waals surface area contributed by atoms with Crippen molar-refractivity contribution in [2.24, 2.45) is 5.10 Å². The van der Waals surface area contributed by atoms with Gasteiger partial charge in [0.1, 0.15) is 0 Å². The summed E-state index contributed by atoms with van der Waals surface area (Å²) in [6.07, 6.45) is -0.641. The zero-order chi connectivity index (χ0) is 15.7. The predicted molar refractivity (Wildman–Crippen MR) is 93.5 cm³/mol. The van der Waals surface area contributed by atoms with Crippen molar-refractivity contribution in [3.63, 3.8) is 0 Å². The second-order valence-corrected chi connectivity index (χ2v) is 6.31. The third-order valence-corrected chi connectivity index (χ3v) is 4.53. The summed E-state index contributed by atoms with van der Waals surface area (Å²) in [5.41, 5.74) is 1.56. The fraction of sp³-hybridized carbons (Fsp3) is 0.125. The molecule has 0 bridgehead atoms. The van der Waals surface area contributed by atoms with Crippen molar-refractivity contribution < 1.29 is 9.53 Å². The van der Waals surface area contributed by atoms with E-state index in [1.165, 1.54) is 11.9 Å². The minimum atomic E-state index is -0.641. The molecule has 1 aliphatic rings. The van der Waals surface area contributed by atoms with Gasteiger partial charge in [-0.1, -0.05) is 41.9 Å². The summed E-state index contributed by atoms with van der Waals surface area (Å²) in [7, 11) is 0. The first-order valence-electron chi connectivity index (χ1n) is 6.62. The first-order chi connectivity index (χ1) is 10.6. The molecule has 6 heteroatoms. The van der Waals surface area contributed by atoms with Gasteiger partial charge in [-0.05, 0) is 40.8 Å². The molecule has 22 heavy (non-hydrogen) atoms. The summed E-state index contributed by atoms with van der Waals surface area (Å²) in [5.74, 6) is 0.218. The first kappa shape index (κ1) is 15.3. The van der Waals surface area contributed by atoms with Gasteiger partial charge >= 0.3 is 0 Å². The maximum Gasteiger partial charge on any atom is 0.243 e. The average molecular weight is 427 g/mol. The van der Waals surface area contributed by atoms with Gasteiger partial charge in [0.25, 0.3) is 0 Å². The van der Waals surface area contributed by atoms with Crippen molar-refractivity contribution in [2.45, 2.75) is 13.2 Å². The molecule has 0 saturated heterocycles. The van der Waals surface area contributed by atoms with E-state index in [2.05, 4.69) is 27.7 Å². The Bertz CT molecular complexity index is 763. The van der Waals surface area contributed by atoms with Crippen LogP contribution >= 0.6 is 34.2 Å². The summed E-state index contributed by atoms with van der Waals surface area (Å²) >= 11 is 8.44. The van der Waals surface area contributed by atoms with Crippen LogP contribution in [0.2, 0.25) is 5.02 Å². The summed E-state index contributed by atoms with van der Waals surface area (Å²) in [5, 5.41) is 6.19. The number of rotatable bonds is 2. The van der Waals surface area contributed by atoms with Crippen LogP contribution in [0.5, 0.6) is 0 Å². The average Bonchev–Trinajstić information content (AvgIpc) is 2.93. The van der Waals surface area contributed by atoms with E-state index in [9.17, 15) is 4.79 Å². The van der Waals surface area contributed by atoms with Crippen LogP contribution in [-0.4, -0.2) is 16.8 Å². The lowest BCUT2D eigenvalue weighted by Gasteiger charge is -2.20. The molecule has 1 atom stereocenters. The molecule has 0 aliphatic carbocycles. The van der Waals surface area contributed by atoms with Gasteiger partial charge in [-0.15, -0.1) is 5.10 Å². The number of amides is 1. The number of hydrazone groups is 1. The Morgan fingerprint density at radius 2 is 1.91 bits per heavy atom. The summed E-state index contributed by atoms with van der Waals surface area (Å²) in [4.78, 5) is 11.9. The molecule has 0 fully saturated rings. The van der Waals surface area contributed by atoms with Crippen LogP contribution in [0, 0.1) is 3.57 Å². The van der Waals surface area contributed by atoms with Crippen LogP contribution in [0.25, 0.3) is 0 Å². The number of hydrogen-bond donors (Lipinski definition) is 0. The number of nitrogens with zero attached hydrogens (tertiary/aromatic N) is 2. The Morgan fingerprint density at radius 3 is 2.59 bits per heavy atom. The number of carbonyl (C=O) groups is 1. The normalized spacial score (nSPS) is 17.1. The summed E-state index contributed by atoms with van der Waals surface area (Å²) < 4.78 is 6.94. The quantitative estimate of drug-likeness (QED) is 0.676. The number of benzene rings is 2. The van der Waals surface area contributed by atoms with Gasteiger partial charge in [0.15, 0.2) is 0 Å². The number of hydrogen-bond acceptors (Lipinski definition) is 3. The molecule has 0 unspecified atom stereocenters. The van der Waals surface area contributed by atoms with Gasteiger partial charge in [-0.3, -0.25) is 4.79 Å². The van der Waals surface area contributed by atoms with Gasteiger partial charge < -0.3 is 4.74 Å². The monoisotopic (exact) mass is 426 g/mol. The maximum atomic E-state index is 11.9. The predicted octanol–water partition coefficient (Wildman–Crippen LogP) is 4.18. The minimum Gasteiger partial charge on any atom is -0.446 e. The lowest BCUT2D eigenvalue weighted by Crippen LogP contribution is -2.25. The van der Waals surface area contributed by atoms with E-state index in [0.717, 1.165) is 9.13 Å². The molecule has 0 N–H and O–H groups in total. The SMILES string of the molecule is CC(=O)N1N=C(c2ccccc2I)O[C@@H]1c1ccccc1Cl.